The van der Waals surface area contributed by atoms with Gasteiger partial charge in [0.05, 0.1) is 5.52 Å². The van der Waals surface area contributed by atoms with Crippen molar-refractivity contribution in [1.82, 2.24) is 4.57 Å². The van der Waals surface area contributed by atoms with Crippen molar-refractivity contribution in [2.45, 2.75) is 26.4 Å². The van der Waals surface area contributed by atoms with Crippen LogP contribution in [-0.2, 0) is 19.5 Å². The molecule has 2 heteroatoms. The second kappa shape index (κ2) is 2.61. The smallest absolute Gasteiger partial charge is 0.0519 e. The standard InChI is InChI=1S/C12H14N2/c1-8-11(7-13)10-4-2-3-9-5-6-14(8)12(9)10/h2-4H,5-7,13H2,1H3. The first-order valence-corrected chi connectivity index (χ1v) is 5.12. The van der Waals surface area contributed by atoms with Crippen molar-refractivity contribution in [3.8, 4) is 0 Å². The summed E-state index contributed by atoms with van der Waals surface area (Å²) in [5.41, 5.74) is 11.4. The van der Waals surface area contributed by atoms with E-state index >= 15 is 0 Å². The SMILES string of the molecule is Cc1c(CN)c2cccc3c2n1CC3. The summed E-state index contributed by atoms with van der Waals surface area (Å²) in [5.74, 6) is 0. The molecular weight excluding hydrogens is 172 g/mol. The first-order chi connectivity index (χ1) is 6.83. The van der Waals surface area contributed by atoms with Crippen molar-refractivity contribution in [2.24, 2.45) is 5.73 Å². The highest BCUT2D eigenvalue weighted by Gasteiger charge is 2.19. The molecule has 0 radical (unpaired) electrons. The van der Waals surface area contributed by atoms with Crippen molar-refractivity contribution >= 4 is 10.9 Å². The number of nitrogens with two attached hydrogens (primary N) is 1. The van der Waals surface area contributed by atoms with Crippen LogP contribution in [-0.4, -0.2) is 4.57 Å². The number of rotatable bonds is 1. The fraction of sp³-hybridized carbons (Fsp3) is 0.333. The second-order valence-electron chi connectivity index (χ2n) is 3.98. The lowest BCUT2D eigenvalue weighted by Gasteiger charge is -2.01. The molecule has 14 heavy (non-hydrogen) atoms. The van der Waals surface area contributed by atoms with Crippen LogP contribution < -0.4 is 5.73 Å². The number of aromatic nitrogens is 1. The molecule has 2 aromatic rings. The Morgan fingerprint density at radius 3 is 3.07 bits per heavy atom. The summed E-state index contributed by atoms with van der Waals surface area (Å²) >= 11 is 0. The van der Waals surface area contributed by atoms with Gasteiger partial charge >= 0.3 is 0 Å². The summed E-state index contributed by atoms with van der Waals surface area (Å²) < 4.78 is 2.41. The highest BCUT2D eigenvalue weighted by Crippen LogP contribution is 2.32. The zero-order valence-corrected chi connectivity index (χ0v) is 8.38. The number of nitrogens with zero attached hydrogens (tertiary/aromatic N) is 1. The summed E-state index contributed by atoms with van der Waals surface area (Å²) in [6, 6.07) is 6.56. The molecule has 2 heterocycles. The lowest BCUT2D eigenvalue weighted by atomic mass is 10.1. The molecule has 0 fully saturated rings. The van der Waals surface area contributed by atoms with Crippen LogP contribution in [0.2, 0.25) is 0 Å². The van der Waals surface area contributed by atoms with Gasteiger partial charge in [-0.05, 0) is 24.5 Å². The van der Waals surface area contributed by atoms with Crippen LogP contribution in [0.1, 0.15) is 16.8 Å². The normalized spacial score (nSPS) is 14.1. The highest BCUT2D eigenvalue weighted by atomic mass is 15.0. The fourth-order valence-corrected chi connectivity index (χ4v) is 2.65. The highest BCUT2D eigenvalue weighted by molar-refractivity contribution is 5.89. The quantitative estimate of drug-likeness (QED) is 0.725. The first kappa shape index (κ1) is 8.06. The van der Waals surface area contributed by atoms with Gasteiger partial charge in [-0.1, -0.05) is 18.2 Å². The Balaban J connectivity index is 2.51. The third kappa shape index (κ3) is 0.794. The summed E-state index contributed by atoms with van der Waals surface area (Å²) in [7, 11) is 0. The van der Waals surface area contributed by atoms with Crippen LogP contribution in [0.5, 0.6) is 0 Å². The molecule has 0 spiro atoms. The molecule has 1 aromatic heterocycles. The monoisotopic (exact) mass is 186 g/mol. The fourth-order valence-electron chi connectivity index (χ4n) is 2.65. The number of hydrogen-bond donors (Lipinski definition) is 1. The first-order valence-electron chi connectivity index (χ1n) is 5.12. The minimum absolute atomic E-state index is 0.652. The molecule has 0 atom stereocenters. The van der Waals surface area contributed by atoms with Gasteiger partial charge < -0.3 is 10.3 Å². The van der Waals surface area contributed by atoms with Gasteiger partial charge in [-0.25, -0.2) is 0 Å². The average molecular weight is 186 g/mol. The van der Waals surface area contributed by atoms with Crippen molar-refractivity contribution in [3.05, 3.63) is 35.0 Å². The Morgan fingerprint density at radius 1 is 1.43 bits per heavy atom. The van der Waals surface area contributed by atoms with E-state index in [9.17, 15) is 0 Å². The molecule has 0 saturated heterocycles. The lowest BCUT2D eigenvalue weighted by molar-refractivity contribution is 0.741. The molecule has 2 nitrogen and oxygen atoms in total. The van der Waals surface area contributed by atoms with Gasteiger partial charge in [0.2, 0.25) is 0 Å². The molecule has 0 bridgehead atoms. The average Bonchev–Trinajstić information content (AvgIpc) is 2.73. The van der Waals surface area contributed by atoms with Crippen molar-refractivity contribution in [1.29, 1.82) is 0 Å². The van der Waals surface area contributed by atoms with Gasteiger partial charge in [0, 0.05) is 24.2 Å². The number of aryl methyl sites for hydroxylation is 2. The topological polar surface area (TPSA) is 30.9 Å². The Bertz CT molecular complexity index is 509. The minimum atomic E-state index is 0.652. The maximum Gasteiger partial charge on any atom is 0.0519 e. The van der Waals surface area contributed by atoms with Crippen LogP contribution >= 0.6 is 0 Å². The Hall–Kier alpha value is -1.28. The maximum absolute atomic E-state index is 5.79. The predicted octanol–water partition coefficient (Wildman–Crippen LogP) is 1.96. The van der Waals surface area contributed by atoms with Crippen molar-refractivity contribution in [3.63, 3.8) is 0 Å². The largest absolute Gasteiger partial charge is 0.344 e. The summed E-state index contributed by atoms with van der Waals surface area (Å²) in [4.78, 5) is 0. The molecule has 1 aromatic carbocycles. The Labute approximate surface area is 83.3 Å². The second-order valence-corrected chi connectivity index (χ2v) is 3.98. The molecule has 1 aliphatic heterocycles. The summed E-state index contributed by atoms with van der Waals surface area (Å²) in [6.45, 7) is 3.96. The van der Waals surface area contributed by atoms with Crippen molar-refractivity contribution < 1.29 is 0 Å². The van der Waals surface area contributed by atoms with E-state index in [0.29, 0.717) is 6.54 Å². The van der Waals surface area contributed by atoms with Gasteiger partial charge in [-0.15, -0.1) is 0 Å². The molecule has 72 valence electrons. The molecular formula is C12H14N2. The molecule has 0 aliphatic carbocycles. The van der Waals surface area contributed by atoms with E-state index in [2.05, 4.69) is 29.7 Å². The number of para-hydroxylation sites is 1. The third-order valence-electron chi connectivity index (χ3n) is 3.37. The van der Waals surface area contributed by atoms with Crippen LogP contribution in [0.3, 0.4) is 0 Å². The molecule has 0 amide bonds. The Morgan fingerprint density at radius 2 is 2.29 bits per heavy atom. The summed E-state index contributed by atoms with van der Waals surface area (Å²) in [5, 5.41) is 1.36. The zero-order chi connectivity index (χ0) is 9.71. The predicted molar refractivity (Wildman–Crippen MR) is 58.3 cm³/mol. The van der Waals surface area contributed by atoms with E-state index in [1.54, 1.807) is 0 Å². The molecule has 0 saturated carbocycles. The molecule has 3 rings (SSSR count). The maximum atomic E-state index is 5.79. The third-order valence-corrected chi connectivity index (χ3v) is 3.37. The van der Waals surface area contributed by atoms with Crippen LogP contribution in [0.25, 0.3) is 10.9 Å². The number of hydrogen-bond acceptors (Lipinski definition) is 1. The molecule has 0 unspecified atom stereocenters. The van der Waals surface area contributed by atoms with Gasteiger partial charge in [0.25, 0.3) is 0 Å². The van der Waals surface area contributed by atoms with E-state index in [4.69, 9.17) is 5.73 Å². The van der Waals surface area contributed by atoms with E-state index in [-0.39, 0.29) is 0 Å². The zero-order valence-electron chi connectivity index (χ0n) is 8.38. The molecule has 1 aliphatic rings. The van der Waals surface area contributed by atoms with E-state index in [1.807, 2.05) is 0 Å². The Kier molecular flexibility index (Phi) is 1.50. The molecule has 2 N–H and O–H groups in total. The van der Waals surface area contributed by atoms with Crippen LogP contribution in [0.15, 0.2) is 18.2 Å². The van der Waals surface area contributed by atoms with Gasteiger partial charge in [-0.2, -0.15) is 0 Å². The van der Waals surface area contributed by atoms with Gasteiger partial charge in [0.1, 0.15) is 0 Å². The van der Waals surface area contributed by atoms with E-state index in [0.717, 1.165) is 6.54 Å². The lowest BCUT2D eigenvalue weighted by Crippen LogP contribution is -2.01. The minimum Gasteiger partial charge on any atom is -0.344 e. The van der Waals surface area contributed by atoms with Gasteiger partial charge in [-0.3, -0.25) is 0 Å². The summed E-state index contributed by atoms with van der Waals surface area (Å²) in [6.07, 6.45) is 1.18. The number of benzene rings is 1. The van der Waals surface area contributed by atoms with Crippen LogP contribution in [0.4, 0.5) is 0 Å². The van der Waals surface area contributed by atoms with Gasteiger partial charge in [0.15, 0.2) is 0 Å². The van der Waals surface area contributed by atoms with Crippen molar-refractivity contribution in [2.75, 3.05) is 0 Å². The van der Waals surface area contributed by atoms with E-state index < -0.39 is 0 Å². The van der Waals surface area contributed by atoms with E-state index in [1.165, 1.54) is 34.1 Å². The van der Waals surface area contributed by atoms with Crippen LogP contribution in [0, 0.1) is 6.92 Å².